The molecular formula is C82H113N21O28. The number of nitrogens with one attached hydrogen (secondary N) is 14. The Hall–Kier alpha value is -14.1. The van der Waals surface area contributed by atoms with Crippen molar-refractivity contribution >= 4 is 124 Å². The van der Waals surface area contributed by atoms with Crippen molar-refractivity contribution in [3.05, 3.63) is 103 Å². The van der Waals surface area contributed by atoms with E-state index in [1.165, 1.54) is 37.6 Å². The van der Waals surface area contributed by atoms with E-state index in [1.54, 1.807) is 43.9 Å². The monoisotopic (exact) mass is 1840 g/mol. The van der Waals surface area contributed by atoms with Gasteiger partial charge < -0.3 is 119 Å². The molecule has 1 saturated heterocycles. The van der Waals surface area contributed by atoms with E-state index in [1.807, 2.05) is 23.5 Å². The Morgan fingerprint density at radius 1 is 0.351 bits per heavy atom. The summed E-state index contributed by atoms with van der Waals surface area (Å²) in [6.07, 6.45) is 1.94. The Kier molecular flexibility index (Phi) is 42.6. The van der Waals surface area contributed by atoms with Gasteiger partial charge in [-0.1, -0.05) is 42.5 Å². The molecule has 5 aromatic rings. The van der Waals surface area contributed by atoms with Gasteiger partial charge in [-0.05, 0) is 92.9 Å². The summed E-state index contributed by atoms with van der Waals surface area (Å²) in [5, 5.41) is 116. The van der Waals surface area contributed by atoms with E-state index >= 15 is 0 Å². The Morgan fingerprint density at radius 3 is 1.08 bits per heavy atom. The first-order valence-corrected chi connectivity index (χ1v) is 42.4. The largest absolute Gasteiger partial charge is 0.481 e. The fourth-order valence-corrected chi connectivity index (χ4v) is 14.7. The lowest BCUT2D eigenvalue weighted by atomic mass is 9.81. The van der Waals surface area contributed by atoms with Gasteiger partial charge in [-0.15, -0.1) is 0 Å². The van der Waals surface area contributed by atoms with Gasteiger partial charge in [0.2, 0.25) is 53.2 Å². The van der Waals surface area contributed by atoms with Gasteiger partial charge in [0.25, 0.3) is 0 Å². The molecule has 1 saturated carbocycles. The Morgan fingerprint density at radius 2 is 0.702 bits per heavy atom. The molecule has 9 atom stereocenters. The van der Waals surface area contributed by atoms with Gasteiger partial charge in [0.05, 0.1) is 62.2 Å². The van der Waals surface area contributed by atoms with Crippen molar-refractivity contribution in [3.8, 4) is 0 Å². The maximum atomic E-state index is 15.0. The molecule has 2 fully saturated rings. The number of nitrogens with zero attached hydrogens (tertiary/aromatic N) is 7. The number of rotatable bonds is 54. The molecule has 714 valence electrons. The summed E-state index contributed by atoms with van der Waals surface area (Å²) >= 11 is 0. The van der Waals surface area contributed by atoms with Crippen molar-refractivity contribution in [1.82, 2.24) is 108 Å². The first-order chi connectivity index (χ1) is 62.4. The number of imidazole rings is 3. The third-order valence-corrected chi connectivity index (χ3v) is 21.8. The molecule has 2 aromatic carbocycles. The lowest BCUT2D eigenvalue weighted by Gasteiger charge is -2.33. The average molecular weight is 1840 g/mol. The molecule has 11 amide bonds. The van der Waals surface area contributed by atoms with E-state index < -0.39 is 232 Å². The van der Waals surface area contributed by atoms with Crippen molar-refractivity contribution in [2.45, 2.75) is 176 Å². The number of aromatic amines is 3. The number of hydrogen-bond donors (Lipinski definition) is 23. The molecule has 49 nitrogen and oxygen atoms in total. The predicted molar refractivity (Wildman–Crippen MR) is 454 cm³/mol. The van der Waals surface area contributed by atoms with Gasteiger partial charge in [-0.2, -0.15) is 0 Å². The number of fused-ring (bicyclic) bond motifs is 1. The molecule has 0 bridgehead atoms. The van der Waals surface area contributed by atoms with Crippen LogP contribution in [0.5, 0.6) is 0 Å². The highest BCUT2D eigenvalue weighted by molar-refractivity contribution is 5.99. The molecule has 49 heteroatoms. The van der Waals surface area contributed by atoms with Gasteiger partial charge in [0.1, 0.15) is 54.4 Å². The molecule has 2 aliphatic rings. The number of aliphatic carboxylic acids is 9. The summed E-state index contributed by atoms with van der Waals surface area (Å²) < 4.78 is 0. The van der Waals surface area contributed by atoms with E-state index in [9.17, 15) is 132 Å². The average Bonchev–Trinajstić information content (AvgIpc) is 0.939. The first kappa shape index (κ1) is 104. The molecule has 0 spiro atoms. The number of aromatic nitrogens is 6. The van der Waals surface area contributed by atoms with Crippen LogP contribution in [0.25, 0.3) is 10.8 Å². The maximum absolute atomic E-state index is 15.0. The molecule has 1 aliphatic heterocycles. The highest BCUT2D eigenvalue weighted by Crippen LogP contribution is 2.29. The van der Waals surface area contributed by atoms with Crippen LogP contribution >= 0.6 is 0 Å². The fourth-order valence-electron chi connectivity index (χ4n) is 14.7. The first-order valence-electron chi connectivity index (χ1n) is 42.4. The lowest BCUT2D eigenvalue weighted by molar-refractivity contribution is -0.141. The molecule has 3 aromatic heterocycles. The molecule has 23 N–H and O–H groups in total. The highest BCUT2D eigenvalue weighted by atomic mass is 16.4. The summed E-state index contributed by atoms with van der Waals surface area (Å²) in [7, 11) is 0. The SMILES string of the molecule is O=C(O)CC[C@H](NC(=O)N[C@@H](CCCCNC(=O)[C@H](Cc1c[nH]cn1)NC(=O)[C@H](CCC(=O)O)NC(=O)[C@H](Cc1c[nH]cn1)NC(=O)[C@H](CCC(=O)O)NC(=O)[C@H](Cc1c[nH]cn1)NC(=O)[C@H](CCC(=O)O)NC(=O)[C@H](Cc1ccc2ccccc2c1)NC(=O)C1CCC(CNC(=O)CN2CCN(CC(=O)O)CCN(CC(=O)O)CCN(CC(=O)O)CC2)CC1)C(=O)O)C(=O)O. The number of carbonyl (C=O) groups excluding carboxylic acids is 10. The van der Waals surface area contributed by atoms with Crippen LogP contribution in [0, 0.1) is 11.8 Å². The zero-order chi connectivity index (χ0) is 95.6. The second kappa shape index (κ2) is 53.6. The minimum absolute atomic E-state index is 0.00919. The highest BCUT2D eigenvalue weighted by Gasteiger charge is 2.38. The fraction of sp³-hybridized carbons (Fsp3) is 0.537. The van der Waals surface area contributed by atoms with Crippen LogP contribution in [0.3, 0.4) is 0 Å². The quantitative estimate of drug-likeness (QED) is 0.0165. The molecule has 4 heterocycles. The third-order valence-electron chi connectivity index (χ3n) is 21.8. The lowest BCUT2D eigenvalue weighted by Crippen LogP contribution is -2.61. The summed E-state index contributed by atoms with van der Waals surface area (Å²) in [5.74, 6) is -21.7. The van der Waals surface area contributed by atoms with Crippen LogP contribution in [0.15, 0.2) is 80.0 Å². The number of benzene rings is 2. The maximum Gasteiger partial charge on any atom is 0.326 e. The summed E-state index contributed by atoms with van der Waals surface area (Å²) in [4.78, 5) is 277. The van der Waals surface area contributed by atoms with Gasteiger partial charge >= 0.3 is 59.8 Å². The van der Waals surface area contributed by atoms with Gasteiger partial charge in [0.15, 0.2) is 0 Å². The van der Waals surface area contributed by atoms with Crippen LogP contribution in [0.2, 0.25) is 0 Å². The van der Waals surface area contributed by atoms with Gasteiger partial charge in [-0.25, -0.2) is 29.3 Å². The van der Waals surface area contributed by atoms with E-state index in [0.717, 1.165) is 10.8 Å². The third kappa shape index (κ3) is 38.4. The number of unbranched alkanes of at least 4 members (excludes halogenated alkanes) is 1. The van der Waals surface area contributed by atoms with Crippen LogP contribution < -0.4 is 58.5 Å². The molecule has 0 radical (unpaired) electrons. The van der Waals surface area contributed by atoms with Crippen molar-refractivity contribution in [3.63, 3.8) is 0 Å². The van der Waals surface area contributed by atoms with Gasteiger partial charge in [-0.3, -0.25) is 96.3 Å². The van der Waals surface area contributed by atoms with E-state index in [2.05, 4.69) is 83.1 Å². The normalized spacial score (nSPS) is 16.8. The number of amides is 11. The summed E-state index contributed by atoms with van der Waals surface area (Å²) in [6.45, 7) is 0.346. The number of carboxylic acids is 9. The Labute approximate surface area is 748 Å². The van der Waals surface area contributed by atoms with Crippen LogP contribution in [0.4, 0.5) is 4.79 Å². The number of urea groups is 1. The number of H-pyrrole nitrogens is 3. The summed E-state index contributed by atoms with van der Waals surface area (Å²) in [6, 6.07) is -4.03. The molecule has 131 heavy (non-hydrogen) atoms. The number of carboxylic acid groups (broad SMARTS) is 9. The van der Waals surface area contributed by atoms with Gasteiger partial charge in [0, 0.05) is 141 Å². The molecular weight excluding hydrogens is 1730 g/mol. The summed E-state index contributed by atoms with van der Waals surface area (Å²) in [5.41, 5.74) is 0.957. The second-order valence-electron chi connectivity index (χ2n) is 31.8. The molecule has 0 unspecified atom stereocenters. The van der Waals surface area contributed by atoms with Crippen LogP contribution in [0.1, 0.15) is 119 Å². The Balaban J connectivity index is 1.04. The van der Waals surface area contributed by atoms with Crippen molar-refractivity contribution in [2.75, 3.05) is 91.6 Å². The van der Waals surface area contributed by atoms with Crippen LogP contribution in [-0.4, -0.2) is 354 Å². The van der Waals surface area contributed by atoms with Crippen LogP contribution in [-0.2, 0) is 112 Å². The predicted octanol–water partition coefficient (Wildman–Crippen LogP) is -3.98. The number of hydrogen-bond acceptors (Lipinski definition) is 26. The van der Waals surface area contributed by atoms with E-state index in [0.29, 0.717) is 31.2 Å². The zero-order valence-electron chi connectivity index (χ0n) is 71.6. The van der Waals surface area contributed by atoms with E-state index in [-0.39, 0.29) is 153 Å². The molecule has 7 rings (SSSR count). The van der Waals surface area contributed by atoms with E-state index in [4.69, 9.17) is 5.11 Å². The Bertz CT molecular complexity index is 4690. The number of carbonyl (C=O) groups is 19. The topological polar surface area (TPSA) is 738 Å². The standard InChI is InChI=1S/C82H113N21O28/c104-64(40-100-23-25-101(41-69(113)114)27-29-103(43-71(117)118)30-28-102(26-24-100)42-70(115)116)87-36-47-8-12-50(13-9-47)72(119)94-60(32-48-10-11-49-5-1-2-6-51(49)31-48)77(124)91-56(15-19-66(107)108)75(122)96-63(35-54-39-85-46-90-54)79(126)93-57(16-20-67(109)110)76(123)97-62(34-53-38-84-45-89-53)78(125)92-55(14-18-65(105)106)74(121)95-61(33-52-37-83-44-88-52)73(120)86-22-4-3-7-58(80(127)128)98-82(131)99-59(81(129)130)17-21-68(111)112/h1-2,5-6,10-11,31,37-39,44-47,50,55-63H,3-4,7-9,12-30,32-36,40-43H2,(H,83,88)(H,84,89)(H,85,90)(H,86,120)(H,87,104)(H,91,124)(H,92,125)(H,93,126)(H,94,119)(H,95,121)(H,96,122)(H,97,123)(H,105,106)(H,107,108)(H,109,110)(H,111,112)(H,113,114)(H,115,116)(H,117,118)(H,127,128)(H,129,130)(H2,98,99,131)/t47?,50?,55-,56-,57-,58-,59-,60-,61-,62-,63-/m0/s1. The smallest absolute Gasteiger partial charge is 0.326 e. The van der Waals surface area contributed by atoms with Crippen molar-refractivity contribution < 1.29 is 137 Å². The minimum atomic E-state index is -1.92. The second-order valence-corrected chi connectivity index (χ2v) is 31.8. The zero-order valence-corrected chi connectivity index (χ0v) is 71.6. The van der Waals surface area contributed by atoms with Crippen molar-refractivity contribution in [1.29, 1.82) is 0 Å². The van der Waals surface area contributed by atoms with Crippen molar-refractivity contribution in [2.24, 2.45) is 11.8 Å². The minimum Gasteiger partial charge on any atom is -0.481 e. The molecule has 1 aliphatic carbocycles.